The molecule has 0 unspecified atom stereocenters. The molecular formula is C29H17Br2NO4S. The van der Waals surface area contributed by atoms with Gasteiger partial charge in [-0.15, -0.1) is 0 Å². The summed E-state index contributed by atoms with van der Waals surface area (Å²) in [5, 5.41) is 2.49. The van der Waals surface area contributed by atoms with Crippen molar-refractivity contribution < 1.29 is 18.3 Å². The lowest BCUT2D eigenvalue weighted by Crippen LogP contribution is -2.02. The van der Waals surface area contributed by atoms with E-state index in [9.17, 15) is 0 Å². The van der Waals surface area contributed by atoms with Gasteiger partial charge in [0.2, 0.25) is 6.79 Å². The number of fused-ring (bicyclic) bond motifs is 1. The SMILES string of the molecule is S=C=Nc1cc2c(cc1C(c1ccc(-c3ccc(Br)cc3)o1)c1ccc(-c3ccc(Br)cc3)o1)OCO2. The molecule has 3 heterocycles. The van der Waals surface area contributed by atoms with Crippen LogP contribution in [0.5, 0.6) is 11.5 Å². The van der Waals surface area contributed by atoms with E-state index >= 15 is 0 Å². The minimum Gasteiger partial charge on any atom is -0.460 e. The quantitative estimate of drug-likeness (QED) is 0.138. The Hall–Kier alpha value is -3.42. The number of halogens is 2. The Labute approximate surface area is 235 Å². The molecule has 0 bridgehead atoms. The smallest absolute Gasteiger partial charge is 0.231 e. The number of hydrogen-bond donors (Lipinski definition) is 0. The van der Waals surface area contributed by atoms with Gasteiger partial charge in [0, 0.05) is 31.7 Å². The van der Waals surface area contributed by atoms with Crippen LogP contribution in [-0.2, 0) is 0 Å². The van der Waals surface area contributed by atoms with E-state index in [2.05, 4.69) is 42.0 Å². The van der Waals surface area contributed by atoms with E-state index in [-0.39, 0.29) is 6.79 Å². The first-order chi connectivity index (χ1) is 18.1. The minimum absolute atomic E-state index is 0.146. The van der Waals surface area contributed by atoms with Gasteiger partial charge in [-0.25, -0.2) is 0 Å². The summed E-state index contributed by atoms with van der Waals surface area (Å²) >= 11 is 11.9. The lowest BCUT2D eigenvalue weighted by atomic mass is 9.92. The van der Waals surface area contributed by atoms with Crippen LogP contribution in [0.15, 0.2) is 108 Å². The molecule has 0 aliphatic carbocycles. The van der Waals surface area contributed by atoms with Gasteiger partial charge in [-0.1, -0.05) is 56.1 Å². The van der Waals surface area contributed by atoms with Gasteiger partial charge >= 0.3 is 0 Å². The lowest BCUT2D eigenvalue weighted by Gasteiger charge is -2.16. The Morgan fingerprint density at radius 3 is 1.73 bits per heavy atom. The van der Waals surface area contributed by atoms with Crippen LogP contribution in [0.2, 0.25) is 0 Å². The van der Waals surface area contributed by atoms with Gasteiger partial charge in [0.25, 0.3) is 0 Å². The van der Waals surface area contributed by atoms with Crippen molar-refractivity contribution in [3.8, 4) is 34.1 Å². The molecule has 0 atom stereocenters. The van der Waals surface area contributed by atoms with Crippen molar-refractivity contribution in [3.63, 3.8) is 0 Å². The third-order valence-corrected chi connectivity index (χ3v) is 7.23. The maximum Gasteiger partial charge on any atom is 0.231 e. The van der Waals surface area contributed by atoms with Crippen LogP contribution in [0.1, 0.15) is 23.0 Å². The highest BCUT2D eigenvalue weighted by Crippen LogP contribution is 2.46. The predicted octanol–water partition coefficient (Wildman–Crippen LogP) is 9.37. The zero-order valence-electron chi connectivity index (χ0n) is 19.1. The molecular weight excluding hydrogens is 618 g/mol. The average molecular weight is 635 g/mol. The minimum atomic E-state index is -0.426. The third kappa shape index (κ3) is 4.81. The van der Waals surface area contributed by atoms with E-state index in [0.717, 1.165) is 37.2 Å². The number of furan rings is 2. The van der Waals surface area contributed by atoms with Crippen LogP contribution in [0.3, 0.4) is 0 Å². The molecule has 1 aliphatic heterocycles. The van der Waals surface area contributed by atoms with E-state index in [1.54, 1.807) is 6.07 Å². The van der Waals surface area contributed by atoms with Crippen LogP contribution >= 0.6 is 44.1 Å². The maximum absolute atomic E-state index is 6.42. The molecule has 37 heavy (non-hydrogen) atoms. The van der Waals surface area contributed by atoms with Crippen molar-refractivity contribution >= 4 is 54.9 Å². The van der Waals surface area contributed by atoms with Gasteiger partial charge in [-0.05, 0) is 66.8 Å². The Balaban J connectivity index is 1.50. The van der Waals surface area contributed by atoms with Gasteiger partial charge in [0.15, 0.2) is 11.5 Å². The molecule has 182 valence electrons. The Morgan fingerprint density at radius 1 is 0.703 bits per heavy atom. The summed E-state index contributed by atoms with van der Waals surface area (Å²) in [7, 11) is 0. The monoisotopic (exact) mass is 633 g/mol. The van der Waals surface area contributed by atoms with Crippen molar-refractivity contribution in [2.24, 2.45) is 4.99 Å². The van der Waals surface area contributed by atoms with E-state index in [1.807, 2.05) is 78.9 Å². The number of ether oxygens (including phenoxy) is 2. The molecule has 3 aromatic carbocycles. The Bertz CT molecular complexity index is 1550. The molecule has 8 heteroatoms. The van der Waals surface area contributed by atoms with Crippen molar-refractivity contribution in [2.45, 2.75) is 5.92 Å². The maximum atomic E-state index is 6.42. The first-order valence-corrected chi connectivity index (χ1v) is 13.3. The summed E-state index contributed by atoms with van der Waals surface area (Å²) < 4.78 is 26.1. The third-order valence-electron chi connectivity index (χ3n) is 6.08. The average Bonchev–Trinajstić information content (AvgIpc) is 3.67. The van der Waals surface area contributed by atoms with E-state index < -0.39 is 5.92 Å². The van der Waals surface area contributed by atoms with Crippen LogP contribution in [-0.4, -0.2) is 12.0 Å². The molecule has 5 nitrogen and oxygen atoms in total. The van der Waals surface area contributed by atoms with E-state index in [4.69, 9.17) is 30.5 Å². The summed E-state index contributed by atoms with van der Waals surface area (Å²) in [6.07, 6.45) is 0. The molecule has 0 fully saturated rings. The standard InChI is InChI=1S/C29H17Br2NO4S/c30-19-5-1-17(2-6-19)23-9-11-25(35-23)29(21-13-27-28(34-16-33-27)14-22(21)32-15-37)26-12-10-24(36-26)18-3-7-20(31)8-4-18/h1-14,29H,16H2. The zero-order chi connectivity index (χ0) is 25.4. The first kappa shape index (κ1) is 23.9. The highest BCUT2D eigenvalue weighted by molar-refractivity contribution is 9.10. The van der Waals surface area contributed by atoms with E-state index in [0.29, 0.717) is 28.7 Å². The van der Waals surface area contributed by atoms with Gasteiger partial charge in [0.1, 0.15) is 29.0 Å². The van der Waals surface area contributed by atoms with Gasteiger partial charge in [0.05, 0.1) is 10.8 Å². The number of thiocarbonyl (C=S) groups is 1. The molecule has 5 aromatic rings. The number of benzene rings is 3. The summed E-state index contributed by atoms with van der Waals surface area (Å²) in [4.78, 5) is 4.34. The summed E-state index contributed by atoms with van der Waals surface area (Å²) in [6, 6.07) is 27.5. The number of rotatable bonds is 6. The Kier molecular flexibility index (Phi) is 6.57. The van der Waals surface area contributed by atoms with Crippen LogP contribution < -0.4 is 9.47 Å². The molecule has 2 aromatic heterocycles. The van der Waals surface area contributed by atoms with Gasteiger partial charge < -0.3 is 18.3 Å². The molecule has 0 amide bonds. The number of nitrogens with zero attached hydrogens (tertiary/aromatic N) is 1. The first-order valence-electron chi connectivity index (χ1n) is 11.3. The highest BCUT2D eigenvalue weighted by atomic mass is 79.9. The van der Waals surface area contributed by atoms with Crippen molar-refractivity contribution in [1.29, 1.82) is 0 Å². The summed E-state index contributed by atoms with van der Waals surface area (Å²) in [5.74, 6) is 3.67. The zero-order valence-corrected chi connectivity index (χ0v) is 23.1. The van der Waals surface area contributed by atoms with Crippen molar-refractivity contribution in [2.75, 3.05) is 6.79 Å². The molecule has 0 radical (unpaired) electrons. The topological polar surface area (TPSA) is 57.1 Å². The molecule has 0 spiro atoms. The molecule has 0 saturated heterocycles. The number of hydrogen-bond acceptors (Lipinski definition) is 6. The van der Waals surface area contributed by atoms with Crippen LogP contribution in [0.4, 0.5) is 5.69 Å². The normalized spacial score (nSPS) is 12.1. The van der Waals surface area contributed by atoms with Crippen LogP contribution in [0.25, 0.3) is 22.6 Å². The number of isothiocyanates is 1. The van der Waals surface area contributed by atoms with Crippen molar-refractivity contribution in [1.82, 2.24) is 0 Å². The van der Waals surface area contributed by atoms with E-state index in [1.165, 1.54) is 0 Å². The number of aliphatic imine (C=N–C) groups is 1. The molecule has 1 aliphatic rings. The fraction of sp³-hybridized carbons (Fsp3) is 0.0690. The van der Waals surface area contributed by atoms with Crippen molar-refractivity contribution in [3.05, 3.63) is 111 Å². The van der Waals surface area contributed by atoms with Crippen LogP contribution in [0, 0.1) is 0 Å². The van der Waals surface area contributed by atoms with Gasteiger partial charge in [-0.2, -0.15) is 4.99 Å². The predicted molar refractivity (Wildman–Crippen MR) is 152 cm³/mol. The molecule has 0 N–H and O–H groups in total. The summed E-state index contributed by atoms with van der Waals surface area (Å²) in [5.41, 5.74) is 3.33. The Morgan fingerprint density at radius 2 is 1.22 bits per heavy atom. The van der Waals surface area contributed by atoms with Gasteiger partial charge in [-0.3, -0.25) is 0 Å². The highest BCUT2D eigenvalue weighted by Gasteiger charge is 2.30. The summed E-state index contributed by atoms with van der Waals surface area (Å²) in [6.45, 7) is 0.146. The molecule has 0 saturated carbocycles. The molecule has 6 rings (SSSR count). The fourth-order valence-corrected chi connectivity index (χ4v) is 4.95. The second-order valence-electron chi connectivity index (χ2n) is 8.32. The fourth-order valence-electron chi connectivity index (χ4n) is 4.33. The lowest BCUT2D eigenvalue weighted by molar-refractivity contribution is 0.174. The second-order valence-corrected chi connectivity index (χ2v) is 10.3. The largest absolute Gasteiger partial charge is 0.460 e. The second kappa shape index (κ2) is 10.1.